The molecule has 0 amide bonds. The molecule has 0 saturated heterocycles. The number of aromatic nitrogens is 10. The Morgan fingerprint density at radius 3 is 1.82 bits per heavy atom. The molecule has 0 atom stereocenters. The maximum atomic E-state index is 12.5. The van der Waals surface area contributed by atoms with Crippen molar-refractivity contribution in [1.29, 1.82) is 0 Å². The summed E-state index contributed by atoms with van der Waals surface area (Å²) in [5, 5.41) is 21.7. The van der Waals surface area contributed by atoms with Gasteiger partial charge in [0.2, 0.25) is 6.79 Å². The molecule has 0 unspecified atom stereocenters. The fraction of sp³-hybridized carbons (Fsp3) is 0.317. The number of anilines is 3. The minimum atomic E-state index is -0.960. The molecule has 452 valence electrons. The van der Waals surface area contributed by atoms with E-state index < -0.39 is 28.5 Å². The van der Waals surface area contributed by atoms with E-state index in [1.165, 1.54) is 0 Å². The SMILES string of the molecule is C=C(C)OCOC(=O)CCCCCCn1c2nc(=O)[nH]c(=O)c-2nc2cc(C)c(C)cc21.C=C(O)CCCCCCn1c2nc(=O)[nH]c(=O)c-2nc2ccccc21.C=c1nc2c(c(=O)[nH]1)=Nc1cc(C)c(C)cc1N2CCNc1ccc(C(=O)O)cc1. The molecule has 87 heavy (non-hydrogen) atoms. The van der Waals surface area contributed by atoms with Gasteiger partial charge in [0.05, 0.1) is 50.5 Å². The first kappa shape index (κ1) is 62.7. The van der Waals surface area contributed by atoms with Crippen LogP contribution in [0.1, 0.15) is 104 Å². The van der Waals surface area contributed by atoms with Gasteiger partial charge in [-0.2, -0.15) is 9.97 Å². The molecule has 6 heterocycles. The standard InChI is InChI=1S/C23H28N4O5.C22H21N5O3.C18H20N4O3/c1-14(2)31-13-32-19(28)9-7-5-6-8-10-27-18-12-16(4)15(3)11-17(18)24-20-21(27)25-23(30)26-22(20)29;1-12-10-17-18(11-13(12)2)27(20-19(26-17)21(28)25-14(3)24-20)9-8-23-16-6-4-15(5-7-16)22(29)30;1-12(23)8-4-2-3-7-11-22-14-10-6-5-9-13(14)19-15-16(22)20-18(25)21-17(15)24/h11-12H,1,5-10,13H2,2-4H3,(H,26,29,30);4-7,10-11,23H,3,8-9H2,1-2H3,(H,25,28)(H,29,30);5-6,9-10,23H,1-4,7-8,11H2,(H,21,24,25). The molecule has 6 N–H and O–H groups in total. The molecule has 24 heteroatoms. The van der Waals surface area contributed by atoms with E-state index in [0.717, 1.165) is 95.3 Å². The number of nitrogens with zero attached hydrogens (tertiary/aromatic N) is 9. The summed E-state index contributed by atoms with van der Waals surface area (Å²) in [5.41, 5.74) is 7.96. The highest BCUT2D eigenvalue weighted by molar-refractivity contribution is 5.88. The van der Waals surface area contributed by atoms with Crippen LogP contribution < -0.4 is 49.1 Å². The van der Waals surface area contributed by atoms with Gasteiger partial charge in [0.25, 0.3) is 16.7 Å². The topological polar surface area (TPSA) is 328 Å². The zero-order chi connectivity index (χ0) is 62.5. The summed E-state index contributed by atoms with van der Waals surface area (Å²) in [6.45, 7) is 22.7. The fourth-order valence-electron chi connectivity index (χ4n) is 9.75. The predicted molar refractivity (Wildman–Crippen MR) is 332 cm³/mol. The van der Waals surface area contributed by atoms with Crippen molar-refractivity contribution in [3.05, 3.63) is 188 Å². The third kappa shape index (κ3) is 15.9. The van der Waals surface area contributed by atoms with Crippen LogP contribution in [-0.2, 0) is 27.4 Å². The molecule has 4 aromatic carbocycles. The number of carbonyl (C=O) groups is 2. The van der Waals surface area contributed by atoms with E-state index in [2.05, 4.69) is 69.9 Å². The van der Waals surface area contributed by atoms with Crippen molar-refractivity contribution in [2.45, 2.75) is 112 Å². The lowest BCUT2D eigenvalue weighted by Gasteiger charge is -2.28. The van der Waals surface area contributed by atoms with Crippen molar-refractivity contribution >= 4 is 63.5 Å². The lowest BCUT2D eigenvalue weighted by atomic mass is 10.1. The van der Waals surface area contributed by atoms with Gasteiger partial charge in [-0.05, 0) is 143 Å². The van der Waals surface area contributed by atoms with Crippen LogP contribution in [0.2, 0.25) is 0 Å². The zero-order valence-electron chi connectivity index (χ0n) is 49.2. The van der Waals surface area contributed by atoms with Crippen LogP contribution in [-0.4, -0.2) is 91.0 Å². The van der Waals surface area contributed by atoms with Gasteiger partial charge in [0.1, 0.15) is 5.48 Å². The number of aromatic amines is 3. The smallest absolute Gasteiger partial charge is 0.349 e. The van der Waals surface area contributed by atoms with Crippen LogP contribution in [0.3, 0.4) is 0 Å². The maximum Gasteiger partial charge on any atom is 0.349 e. The minimum Gasteiger partial charge on any atom is -0.513 e. The van der Waals surface area contributed by atoms with Gasteiger partial charge >= 0.3 is 23.3 Å². The number of allylic oxidation sites excluding steroid dienone is 2. The lowest BCUT2D eigenvalue weighted by Crippen LogP contribution is -2.43. The molecule has 0 radical (unpaired) electrons. The van der Waals surface area contributed by atoms with Crippen molar-refractivity contribution in [3.8, 4) is 23.0 Å². The summed E-state index contributed by atoms with van der Waals surface area (Å²) in [5.74, 6) is 0.528. The highest BCUT2D eigenvalue weighted by atomic mass is 16.7. The first-order valence-electron chi connectivity index (χ1n) is 28.4. The number of aryl methyl sites for hydroxylation is 6. The molecule has 5 aliphatic heterocycles. The number of rotatable bonds is 22. The summed E-state index contributed by atoms with van der Waals surface area (Å²) >= 11 is 0. The lowest BCUT2D eigenvalue weighted by molar-refractivity contribution is -0.153. The van der Waals surface area contributed by atoms with Gasteiger partial charge in [-0.15, -0.1) is 0 Å². The number of ether oxygens (including phenoxy) is 2. The number of carbonyl (C=O) groups excluding carboxylic acids is 1. The Labute approximate surface area is 498 Å². The Hall–Kier alpha value is -10.4. The third-order valence-corrected chi connectivity index (χ3v) is 14.5. The number of carboxylic acid groups (broad SMARTS) is 1. The summed E-state index contributed by atoms with van der Waals surface area (Å²) in [4.78, 5) is 118. The summed E-state index contributed by atoms with van der Waals surface area (Å²) in [7, 11) is 0. The Bertz CT molecular complexity index is 4410. The quantitative estimate of drug-likeness (QED) is 0.0124. The number of nitrogens with one attached hydrogen (secondary N) is 4. The van der Waals surface area contributed by atoms with Gasteiger partial charge in [-0.25, -0.2) is 34.3 Å². The van der Waals surface area contributed by atoms with Crippen LogP contribution in [0.5, 0.6) is 0 Å². The van der Waals surface area contributed by atoms with Crippen LogP contribution in [0.15, 0.2) is 126 Å². The van der Waals surface area contributed by atoms with E-state index in [0.29, 0.717) is 73.9 Å². The monoisotopic (exact) mass is 1180 g/mol. The Morgan fingerprint density at radius 2 is 1.18 bits per heavy atom. The number of aliphatic hydroxyl groups is 1. The Balaban J connectivity index is 0.000000171. The van der Waals surface area contributed by atoms with Crippen molar-refractivity contribution in [2.24, 2.45) is 4.99 Å². The van der Waals surface area contributed by atoms with Crippen molar-refractivity contribution in [1.82, 2.24) is 49.0 Å². The van der Waals surface area contributed by atoms with E-state index in [1.807, 2.05) is 90.3 Å². The van der Waals surface area contributed by atoms with E-state index in [9.17, 15) is 33.6 Å². The number of benzene rings is 4. The molecule has 0 saturated carbocycles. The predicted octanol–water partition coefficient (Wildman–Crippen LogP) is 7.82. The molecule has 24 nitrogen and oxygen atoms in total. The largest absolute Gasteiger partial charge is 0.513 e. The average molecular weight is 1180 g/mol. The second kappa shape index (κ2) is 28.5. The van der Waals surface area contributed by atoms with Gasteiger partial charge < -0.3 is 44.0 Å². The number of esters is 1. The van der Waals surface area contributed by atoms with Crippen molar-refractivity contribution in [3.63, 3.8) is 0 Å². The van der Waals surface area contributed by atoms with Crippen LogP contribution >= 0.6 is 0 Å². The second-order valence-electron chi connectivity index (χ2n) is 21.1. The first-order valence-corrected chi connectivity index (χ1v) is 28.4. The van der Waals surface area contributed by atoms with Gasteiger partial charge in [0.15, 0.2) is 34.2 Å². The Kier molecular flexibility index (Phi) is 20.5. The van der Waals surface area contributed by atoms with E-state index in [-0.39, 0.29) is 57.7 Å². The third-order valence-electron chi connectivity index (χ3n) is 14.5. The van der Waals surface area contributed by atoms with Crippen LogP contribution in [0, 0.1) is 27.7 Å². The number of aromatic carboxylic acids is 1. The maximum absolute atomic E-state index is 12.5. The van der Waals surface area contributed by atoms with E-state index >= 15 is 0 Å². The molecular weight excluding hydrogens is 1110 g/mol. The van der Waals surface area contributed by atoms with E-state index in [4.69, 9.17) is 19.7 Å². The number of aliphatic hydroxyl groups excluding tert-OH is 1. The molecule has 5 aliphatic rings. The van der Waals surface area contributed by atoms with Crippen LogP contribution in [0.25, 0.3) is 51.7 Å². The number of hydrogen-bond acceptors (Lipinski definition) is 18. The number of unbranched alkanes of at least 4 members (excludes halogenated alkanes) is 6. The molecule has 1 aromatic heterocycles. The second-order valence-corrected chi connectivity index (χ2v) is 21.1. The number of hydrogen-bond donors (Lipinski definition) is 6. The van der Waals surface area contributed by atoms with Crippen molar-refractivity contribution < 1.29 is 29.3 Å². The number of carboxylic acids is 1. The fourth-order valence-corrected chi connectivity index (χ4v) is 9.75. The number of para-hydroxylation sites is 2. The average Bonchev–Trinajstić information content (AvgIpc) is 1.13. The zero-order valence-corrected chi connectivity index (χ0v) is 49.2. The summed E-state index contributed by atoms with van der Waals surface area (Å²) in [6.07, 6.45) is 7.84. The van der Waals surface area contributed by atoms with Crippen molar-refractivity contribution in [2.75, 3.05) is 30.1 Å². The molecule has 0 bridgehead atoms. The summed E-state index contributed by atoms with van der Waals surface area (Å²) in [6, 6.07) is 22.0. The molecular formula is C63H69N13O11. The van der Waals surface area contributed by atoms with Gasteiger partial charge in [0, 0.05) is 44.7 Å². The number of fused-ring (bicyclic) bond motifs is 6. The minimum absolute atomic E-state index is 0.111. The Morgan fingerprint density at radius 1 is 0.609 bits per heavy atom. The molecule has 0 aliphatic carbocycles. The van der Waals surface area contributed by atoms with Gasteiger partial charge in [-0.1, -0.05) is 57.6 Å². The first-order chi connectivity index (χ1) is 41.6. The highest BCUT2D eigenvalue weighted by Gasteiger charge is 2.24. The van der Waals surface area contributed by atoms with E-state index in [1.54, 1.807) is 31.2 Å². The molecule has 10 rings (SSSR count). The summed E-state index contributed by atoms with van der Waals surface area (Å²) < 4.78 is 13.8. The normalized spacial score (nSPS) is 11.4. The molecule has 0 fully saturated rings. The molecule has 0 spiro atoms. The molecule has 5 aromatic rings. The van der Waals surface area contributed by atoms with Crippen LogP contribution in [0.4, 0.5) is 22.9 Å². The number of H-pyrrole nitrogens is 3. The highest BCUT2D eigenvalue weighted by Crippen LogP contribution is 2.36. The van der Waals surface area contributed by atoms with Gasteiger partial charge in [-0.3, -0.25) is 29.1 Å².